The summed E-state index contributed by atoms with van der Waals surface area (Å²) in [5.41, 5.74) is 3.31. The molecule has 3 aromatic rings. The molecule has 1 fully saturated rings. The lowest BCUT2D eigenvalue weighted by molar-refractivity contribution is -0.119. The number of methoxy groups -OCH3 is 1. The average Bonchev–Trinajstić information content (AvgIpc) is 3.32. The van der Waals surface area contributed by atoms with Gasteiger partial charge in [-0.1, -0.05) is 17.7 Å². The molecule has 2 aromatic heterocycles. The molecule has 7 nitrogen and oxygen atoms in total. The largest absolute Gasteiger partial charge is 0.375 e. The van der Waals surface area contributed by atoms with Crippen LogP contribution in [0.5, 0.6) is 0 Å². The molecule has 1 amide bonds. The van der Waals surface area contributed by atoms with E-state index >= 15 is 0 Å². The van der Waals surface area contributed by atoms with Gasteiger partial charge in [-0.3, -0.25) is 9.78 Å². The lowest BCUT2D eigenvalue weighted by Gasteiger charge is -2.28. The molecular formula is C22H22ClN5O2S. The summed E-state index contributed by atoms with van der Waals surface area (Å²) in [4.78, 5) is 18.4. The number of nitrogens with zero attached hydrogens (tertiary/aromatic N) is 3. The zero-order valence-electron chi connectivity index (χ0n) is 17.1. The number of benzene rings is 1. The van der Waals surface area contributed by atoms with Gasteiger partial charge in [0.2, 0.25) is 5.91 Å². The molecule has 0 bridgehead atoms. The van der Waals surface area contributed by atoms with Crippen molar-refractivity contribution in [2.75, 3.05) is 23.9 Å². The van der Waals surface area contributed by atoms with Gasteiger partial charge >= 0.3 is 0 Å². The molecule has 0 radical (unpaired) electrons. The van der Waals surface area contributed by atoms with E-state index < -0.39 is 0 Å². The summed E-state index contributed by atoms with van der Waals surface area (Å²) >= 11 is 12.2. The fourth-order valence-electron chi connectivity index (χ4n) is 3.79. The van der Waals surface area contributed by atoms with E-state index in [-0.39, 0.29) is 24.6 Å². The quantitative estimate of drug-likeness (QED) is 0.550. The predicted molar refractivity (Wildman–Crippen MR) is 125 cm³/mol. The van der Waals surface area contributed by atoms with Gasteiger partial charge in [0.15, 0.2) is 5.11 Å². The fraction of sp³-hybridized carbons (Fsp3) is 0.227. The van der Waals surface area contributed by atoms with E-state index in [0.29, 0.717) is 15.8 Å². The van der Waals surface area contributed by atoms with Crippen LogP contribution in [0.1, 0.15) is 23.5 Å². The molecule has 1 aromatic carbocycles. The maximum absolute atomic E-state index is 11.9. The Kier molecular flexibility index (Phi) is 6.22. The summed E-state index contributed by atoms with van der Waals surface area (Å²) in [7, 11) is 3.47. The number of thiocarbonyl (C=S) groups is 1. The van der Waals surface area contributed by atoms with Crippen LogP contribution < -0.4 is 15.5 Å². The highest BCUT2D eigenvalue weighted by Gasteiger charge is 2.41. The monoisotopic (exact) mass is 455 g/mol. The maximum atomic E-state index is 11.9. The second kappa shape index (κ2) is 9.05. The first-order valence-corrected chi connectivity index (χ1v) is 10.5. The minimum Gasteiger partial charge on any atom is -0.375 e. The Hall–Kier alpha value is -2.94. The van der Waals surface area contributed by atoms with Crippen molar-refractivity contribution in [1.29, 1.82) is 0 Å². The molecule has 1 saturated heterocycles. The number of hydrogen-bond donors (Lipinski definition) is 2. The van der Waals surface area contributed by atoms with Crippen LogP contribution in [0, 0.1) is 0 Å². The third kappa shape index (κ3) is 4.27. The van der Waals surface area contributed by atoms with Gasteiger partial charge in [0.1, 0.15) is 12.6 Å². The van der Waals surface area contributed by atoms with Crippen molar-refractivity contribution < 1.29 is 9.53 Å². The van der Waals surface area contributed by atoms with Crippen LogP contribution in [0.15, 0.2) is 60.9 Å². The van der Waals surface area contributed by atoms with Crippen LogP contribution in [0.2, 0.25) is 5.02 Å². The van der Waals surface area contributed by atoms with Gasteiger partial charge in [-0.25, -0.2) is 0 Å². The Balaban J connectivity index is 1.72. The highest BCUT2D eigenvalue weighted by Crippen LogP contribution is 2.42. The molecule has 3 heterocycles. The van der Waals surface area contributed by atoms with E-state index in [1.807, 2.05) is 48.5 Å². The lowest BCUT2D eigenvalue weighted by Crippen LogP contribution is -2.30. The van der Waals surface area contributed by atoms with E-state index in [9.17, 15) is 4.79 Å². The van der Waals surface area contributed by atoms with Gasteiger partial charge in [0, 0.05) is 37.9 Å². The zero-order valence-corrected chi connectivity index (χ0v) is 18.7. The van der Waals surface area contributed by atoms with E-state index in [1.54, 1.807) is 18.3 Å². The number of aryl methyl sites for hydroxylation is 1. The number of ether oxygens (including phenoxy) is 1. The van der Waals surface area contributed by atoms with Crippen molar-refractivity contribution >= 4 is 46.2 Å². The Labute approximate surface area is 191 Å². The molecule has 4 rings (SSSR count). The fourth-order valence-corrected chi connectivity index (χ4v) is 4.36. The molecule has 1 aliphatic heterocycles. The number of carbonyl (C=O) groups is 1. The predicted octanol–water partition coefficient (Wildman–Crippen LogP) is 3.84. The molecule has 2 atom stereocenters. The number of hydrogen-bond acceptors (Lipinski definition) is 4. The molecule has 160 valence electrons. The average molecular weight is 456 g/mol. The molecule has 9 heteroatoms. The first-order valence-electron chi connectivity index (χ1n) is 9.70. The number of carbonyl (C=O) groups excluding carboxylic acids is 1. The van der Waals surface area contributed by atoms with Gasteiger partial charge in [0.05, 0.1) is 22.4 Å². The maximum Gasteiger partial charge on any atom is 0.250 e. The molecule has 1 aliphatic rings. The smallest absolute Gasteiger partial charge is 0.250 e. The van der Waals surface area contributed by atoms with Crippen molar-refractivity contribution in [3.05, 3.63) is 77.3 Å². The summed E-state index contributed by atoms with van der Waals surface area (Å²) < 4.78 is 6.93. The van der Waals surface area contributed by atoms with E-state index in [0.717, 1.165) is 17.1 Å². The second-order valence-electron chi connectivity index (χ2n) is 7.19. The van der Waals surface area contributed by atoms with E-state index in [4.69, 9.17) is 28.6 Å². The highest BCUT2D eigenvalue weighted by molar-refractivity contribution is 7.80. The molecule has 0 unspecified atom stereocenters. The Bertz CT molecular complexity index is 1100. The van der Waals surface area contributed by atoms with Crippen LogP contribution in [0.4, 0.5) is 11.4 Å². The Morgan fingerprint density at radius 2 is 2.13 bits per heavy atom. The first-order chi connectivity index (χ1) is 15.0. The van der Waals surface area contributed by atoms with Gasteiger partial charge in [-0.15, -0.1) is 0 Å². The summed E-state index contributed by atoms with van der Waals surface area (Å²) in [5.74, 6) is -0.271. The molecule has 31 heavy (non-hydrogen) atoms. The van der Waals surface area contributed by atoms with Gasteiger partial charge in [-0.2, -0.15) is 0 Å². The van der Waals surface area contributed by atoms with Crippen LogP contribution in [-0.2, 0) is 16.6 Å². The topological polar surface area (TPSA) is 71.4 Å². The van der Waals surface area contributed by atoms with Crippen molar-refractivity contribution in [3.8, 4) is 0 Å². The minimum atomic E-state index is -0.271. The number of aromatic nitrogens is 2. The molecule has 0 saturated carbocycles. The number of nitrogens with one attached hydrogen (secondary N) is 2. The first kappa shape index (κ1) is 21.3. The van der Waals surface area contributed by atoms with Crippen molar-refractivity contribution in [2.24, 2.45) is 7.05 Å². The Morgan fingerprint density at radius 3 is 2.77 bits per heavy atom. The number of pyridine rings is 1. The normalized spacial score (nSPS) is 18.2. The summed E-state index contributed by atoms with van der Waals surface area (Å²) in [6, 6.07) is 15.1. The lowest BCUT2D eigenvalue weighted by atomic mass is 10.0. The summed E-state index contributed by atoms with van der Waals surface area (Å²) in [6.07, 6.45) is 3.78. The van der Waals surface area contributed by atoms with E-state index in [2.05, 4.69) is 26.3 Å². The molecule has 0 spiro atoms. The van der Waals surface area contributed by atoms with Gasteiger partial charge < -0.3 is 24.8 Å². The number of anilines is 2. The third-order valence-corrected chi connectivity index (χ3v) is 5.79. The molecular weight excluding hydrogens is 434 g/mol. The van der Waals surface area contributed by atoms with Gasteiger partial charge in [-0.05, 0) is 54.7 Å². The number of amides is 1. The minimum absolute atomic E-state index is 0.0421. The third-order valence-electron chi connectivity index (χ3n) is 5.17. The van der Waals surface area contributed by atoms with E-state index in [1.165, 1.54) is 7.11 Å². The van der Waals surface area contributed by atoms with Crippen molar-refractivity contribution in [2.45, 2.75) is 12.1 Å². The SMILES string of the molecule is COCC(=O)Nc1ccc(N2C(=S)N[C@@H](c3ccccn3)[C@H]2c2cccn2C)cc1Cl. The van der Waals surface area contributed by atoms with Crippen molar-refractivity contribution in [1.82, 2.24) is 14.9 Å². The van der Waals surface area contributed by atoms with Crippen LogP contribution in [-0.4, -0.2) is 34.3 Å². The van der Waals surface area contributed by atoms with Gasteiger partial charge in [0.25, 0.3) is 0 Å². The zero-order chi connectivity index (χ0) is 22.0. The second-order valence-corrected chi connectivity index (χ2v) is 7.98. The Morgan fingerprint density at radius 1 is 1.29 bits per heavy atom. The van der Waals surface area contributed by atoms with Crippen molar-refractivity contribution in [3.63, 3.8) is 0 Å². The van der Waals surface area contributed by atoms with Crippen LogP contribution >= 0.6 is 23.8 Å². The summed E-state index contributed by atoms with van der Waals surface area (Å²) in [6.45, 7) is -0.0421. The standard InChI is InChI=1S/C22H22ClN5O2S/c1-27-11-5-7-18(27)21-20(17-6-3-4-10-24-17)26-22(31)28(21)14-8-9-16(15(23)12-14)25-19(29)13-30-2/h3-12,20-21H,13H2,1-2H3,(H,25,29)(H,26,31)/t20-,21+/m0/s1. The molecule has 0 aliphatic carbocycles. The highest BCUT2D eigenvalue weighted by atomic mass is 35.5. The number of halogens is 1. The molecule has 2 N–H and O–H groups in total. The van der Waals surface area contributed by atoms with Crippen LogP contribution in [0.3, 0.4) is 0 Å². The summed E-state index contributed by atoms with van der Waals surface area (Å²) in [5, 5.41) is 7.16. The number of rotatable bonds is 6. The van der Waals surface area contributed by atoms with Crippen LogP contribution in [0.25, 0.3) is 0 Å².